The van der Waals surface area contributed by atoms with Gasteiger partial charge in [-0.15, -0.1) is 12.3 Å². The lowest BCUT2D eigenvalue weighted by molar-refractivity contribution is 0.448. The third-order valence-corrected chi connectivity index (χ3v) is 1.91. The van der Waals surface area contributed by atoms with E-state index in [4.69, 9.17) is 6.42 Å². The van der Waals surface area contributed by atoms with Crippen LogP contribution in [-0.2, 0) is 0 Å². The highest BCUT2D eigenvalue weighted by molar-refractivity contribution is 4.86. The van der Waals surface area contributed by atoms with E-state index < -0.39 is 0 Å². The Morgan fingerprint density at radius 1 is 1.45 bits per heavy atom. The zero-order valence-corrected chi connectivity index (χ0v) is 7.69. The van der Waals surface area contributed by atoms with Crippen LogP contribution in [0.25, 0.3) is 0 Å². The summed E-state index contributed by atoms with van der Waals surface area (Å²) in [6, 6.07) is 0. The zero-order chi connectivity index (χ0) is 8.53. The molecule has 0 saturated carbocycles. The second-order valence-corrected chi connectivity index (χ2v) is 2.96. The molecule has 1 N–H and O–H groups in total. The number of rotatable bonds is 6. The van der Waals surface area contributed by atoms with Gasteiger partial charge in [-0.2, -0.15) is 0 Å². The highest BCUT2D eigenvalue weighted by atomic mass is 14.8. The molecule has 0 aliphatic rings. The Kier molecular flexibility index (Phi) is 7.29. The van der Waals surface area contributed by atoms with Gasteiger partial charge in [0.2, 0.25) is 0 Å². The molecular weight excluding hydrogens is 134 g/mol. The molecule has 1 atom stereocenters. The van der Waals surface area contributed by atoms with Crippen LogP contribution in [0, 0.1) is 18.3 Å². The minimum atomic E-state index is 0.734. The van der Waals surface area contributed by atoms with Crippen LogP contribution in [0.1, 0.15) is 32.6 Å². The van der Waals surface area contributed by atoms with Gasteiger partial charge in [0.1, 0.15) is 0 Å². The van der Waals surface area contributed by atoms with Crippen molar-refractivity contribution in [2.24, 2.45) is 5.92 Å². The molecule has 0 aliphatic carbocycles. The molecule has 0 bridgehead atoms. The van der Waals surface area contributed by atoms with E-state index in [1.165, 1.54) is 19.3 Å². The van der Waals surface area contributed by atoms with Gasteiger partial charge in [0.05, 0.1) is 0 Å². The first-order valence-corrected chi connectivity index (χ1v) is 4.43. The standard InChI is InChI=1S/C10H19N/c1-4-6-10(7-5-2)8-9-11-3/h1,10-11H,5-9H2,2-3H3. The van der Waals surface area contributed by atoms with Gasteiger partial charge in [0, 0.05) is 6.42 Å². The van der Waals surface area contributed by atoms with E-state index in [1.807, 2.05) is 7.05 Å². The lowest BCUT2D eigenvalue weighted by Gasteiger charge is -2.11. The van der Waals surface area contributed by atoms with Gasteiger partial charge in [-0.25, -0.2) is 0 Å². The number of nitrogens with one attached hydrogen (secondary N) is 1. The molecule has 0 radical (unpaired) electrons. The highest BCUT2D eigenvalue weighted by Crippen LogP contribution is 2.13. The van der Waals surface area contributed by atoms with Crippen molar-refractivity contribution >= 4 is 0 Å². The Bertz CT molecular complexity index is 113. The van der Waals surface area contributed by atoms with Crippen molar-refractivity contribution in [3.8, 4) is 12.3 Å². The Hall–Kier alpha value is -0.480. The van der Waals surface area contributed by atoms with Crippen LogP contribution in [0.4, 0.5) is 0 Å². The van der Waals surface area contributed by atoms with Gasteiger partial charge in [-0.3, -0.25) is 0 Å². The summed E-state index contributed by atoms with van der Waals surface area (Å²) < 4.78 is 0. The maximum absolute atomic E-state index is 5.26. The first-order chi connectivity index (χ1) is 5.35. The fourth-order valence-electron chi connectivity index (χ4n) is 1.27. The third kappa shape index (κ3) is 5.94. The molecule has 0 saturated heterocycles. The van der Waals surface area contributed by atoms with E-state index in [0.717, 1.165) is 18.9 Å². The SMILES string of the molecule is C#CCC(CCC)CCNC. The average Bonchev–Trinajstić information content (AvgIpc) is 2.01. The van der Waals surface area contributed by atoms with Crippen molar-refractivity contribution in [3.63, 3.8) is 0 Å². The summed E-state index contributed by atoms with van der Waals surface area (Å²) in [5, 5.41) is 3.15. The van der Waals surface area contributed by atoms with Gasteiger partial charge in [0.15, 0.2) is 0 Å². The largest absolute Gasteiger partial charge is 0.320 e. The molecule has 0 aromatic carbocycles. The Morgan fingerprint density at radius 3 is 2.64 bits per heavy atom. The molecule has 11 heavy (non-hydrogen) atoms. The molecule has 0 spiro atoms. The van der Waals surface area contributed by atoms with E-state index in [9.17, 15) is 0 Å². The third-order valence-electron chi connectivity index (χ3n) is 1.91. The highest BCUT2D eigenvalue weighted by Gasteiger charge is 2.04. The summed E-state index contributed by atoms with van der Waals surface area (Å²) in [6.45, 7) is 3.30. The molecule has 0 heterocycles. The van der Waals surface area contributed by atoms with Crippen molar-refractivity contribution in [2.45, 2.75) is 32.6 Å². The van der Waals surface area contributed by atoms with Crippen molar-refractivity contribution < 1.29 is 0 Å². The lowest BCUT2D eigenvalue weighted by atomic mass is 9.97. The zero-order valence-electron chi connectivity index (χ0n) is 7.69. The maximum atomic E-state index is 5.26. The predicted octanol–water partition coefficient (Wildman–Crippen LogP) is 2.04. The molecule has 0 rings (SSSR count). The van der Waals surface area contributed by atoms with Crippen LogP contribution >= 0.6 is 0 Å². The molecule has 1 unspecified atom stereocenters. The fourth-order valence-corrected chi connectivity index (χ4v) is 1.27. The van der Waals surface area contributed by atoms with Gasteiger partial charge in [-0.05, 0) is 32.4 Å². The minimum absolute atomic E-state index is 0.734. The summed E-state index contributed by atoms with van der Waals surface area (Å²) >= 11 is 0. The number of hydrogen-bond donors (Lipinski definition) is 1. The van der Waals surface area contributed by atoms with Gasteiger partial charge < -0.3 is 5.32 Å². The van der Waals surface area contributed by atoms with Crippen LogP contribution in [0.15, 0.2) is 0 Å². The second-order valence-electron chi connectivity index (χ2n) is 2.96. The molecule has 0 aliphatic heterocycles. The predicted molar refractivity (Wildman–Crippen MR) is 50.4 cm³/mol. The first kappa shape index (κ1) is 10.5. The normalized spacial score (nSPS) is 12.5. The van der Waals surface area contributed by atoms with Gasteiger partial charge in [0.25, 0.3) is 0 Å². The summed E-state index contributed by atoms with van der Waals surface area (Å²) in [6.07, 6.45) is 9.93. The molecule has 0 aromatic rings. The van der Waals surface area contributed by atoms with E-state index >= 15 is 0 Å². The van der Waals surface area contributed by atoms with Crippen molar-refractivity contribution in [3.05, 3.63) is 0 Å². The van der Waals surface area contributed by atoms with Crippen molar-refractivity contribution in [1.29, 1.82) is 0 Å². The van der Waals surface area contributed by atoms with E-state index in [-0.39, 0.29) is 0 Å². The Balaban J connectivity index is 3.44. The topological polar surface area (TPSA) is 12.0 Å². The first-order valence-electron chi connectivity index (χ1n) is 4.43. The summed E-state index contributed by atoms with van der Waals surface area (Å²) in [5.41, 5.74) is 0. The van der Waals surface area contributed by atoms with E-state index in [0.29, 0.717) is 0 Å². The fraction of sp³-hybridized carbons (Fsp3) is 0.800. The van der Waals surface area contributed by atoms with Crippen LogP contribution < -0.4 is 5.32 Å². The Morgan fingerprint density at radius 2 is 2.18 bits per heavy atom. The van der Waals surface area contributed by atoms with Crippen molar-refractivity contribution in [2.75, 3.05) is 13.6 Å². The lowest BCUT2D eigenvalue weighted by Crippen LogP contribution is -2.12. The van der Waals surface area contributed by atoms with E-state index in [2.05, 4.69) is 18.2 Å². The van der Waals surface area contributed by atoms with Crippen LogP contribution in [0.5, 0.6) is 0 Å². The average molecular weight is 153 g/mol. The van der Waals surface area contributed by atoms with Crippen LogP contribution in [0.3, 0.4) is 0 Å². The number of terminal acetylenes is 1. The molecule has 64 valence electrons. The monoisotopic (exact) mass is 153 g/mol. The quantitative estimate of drug-likeness (QED) is 0.576. The summed E-state index contributed by atoms with van der Waals surface area (Å²) in [4.78, 5) is 0. The smallest absolute Gasteiger partial charge is 0.0115 e. The van der Waals surface area contributed by atoms with Gasteiger partial charge in [-0.1, -0.05) is 13.3 Å². The molecule has 1 nitrogen and oxygen atoms in total. The molecular formula is C10H19N. The maximum Gasteiger partial charge on any atom is 0.0115 e. The Labute approximate surface area is 70.6 Å². The summed E-state index contributed by atoms with van der Waals surface area (Å²) in [7, 11) is 1.98. The second kappa shape index (κ2) is 7.63. The van der Waals surface area contributed by atoms with Gasteiger partial charge >= 0.3 is 0 Å². The van der Waals surface area contributed by atoms with Crippen LogP contribution in [0.2, 0.25) is 0 Å². The molecule has 1 heteroatoms. The summed E-state index contributed by atoms with van der Waals surface area (Å²) in [5.74, 6) is 3.47. The van der Waals surface area contributed by atoms with Crippen molar-refractivity contribution in [1.82, 2.24) is 5.32 Å². The molecule has 0 amide bonds. The minimum Gasteiger partial charge on any atom is -0.320 e. The van der Waals surface area contributed by atoms with E-state index in [1.54, 1.807) is 0 Å². The molecule has 0 fully saturated rings. The van der Waals surface area contributed by atoms with Crippen LogP contribution in [-0.4, -0.2) is 13.6 Å². The number of hydrogen-bond acceptors (Lipinski definition) is 1. The molecule has 0 aromatic heterocycles.